The van der Waals surface area contributed by atoms with Crippen molar-refractivity contribution >= 4 is 17.7 Å². The number of ether oxygens (including phenoxy) is 1. The van der Waals surface area contributed by atoms with Crippen LogP contribution in [-0.2, 0) is 9.53 Å². The number of hydrogen-bond acceptors (Lipinski definition) is 4. The zero-order valence-electron chi connectivity index (χ0n) is 11.9. The van der Waals surface area contributed by atoms with Gasteiger partial charge in [-0.1, -0.05) is 6.42 Å². The molecule has 3 fully saturated rings. The molecule has 0 bridgehead atoms. The van der Waals surface area contributed by atoms with E-state index in [4.69, 9.17) is 4.74 Å². The molecule has 0 aromatic heterocycles. The van der Waals surface area contributed by atoms with E-state index < -0.39 is 0 Å². The summed E-state index contributed by atoms with van der Waals surface area (Å²) in [6, 6.07) is 0.876. The molecule has 5 heteroatoms. The number of hydrogen-bond donors (Lipinski definition) is 0. The lowest BCUT2D eigenvalue weighted by Crippen LogP contribution is -2.63. The van der Waals surface area contributed by atoms with Crippen molar-refractivity contribution in [2.75, 3.05) is 39.5 Å². The van der Waals surface area contributed by atoms with Crippen LogP contribution in [0.5, 0.6) is 0 Å². The minimum atomic E-state index is 0.0654. The molecule has 1 atom stereocenters. The smallest absolute Gasteiger partial charge is 0.248 e. The predicted octanol–water partition coefficient (Wildman–Crippen LogP) is 1.20. The third-order valence-corrected chi connectivity index (χ3v) is 6.27. The lowest BCUT2D eigenvalue weighted by molar-refractivity contribution is -0.135. The first-order chi connectivity index (χ1) is 9.08. The molecule has 0 radical (unpaired) electrons. The van der Waals surface area contributed by atoms with Crippen LogP contribution < -0.4 is 0 Å². The van der Waals surface area contributed by atoms with Gasteiger partial charge in [-0.15, -0.1) is 11.8 Å². The van der Waals surface area contributed by atoms with Crippen LogP contribution in [0.15, 0.2) is 0 Å². The Morgan fingerprint density at radius 3 is 2.74 bits per heavy atom. The van der Waals surface area contributed by atoms with Gasteiger partial charge >= 0.3 is 0 Å². The molecule has 19 heavy (non-hydrogen) atoms. The third-order valence-electron chi connectivity index (χ3n) is 4.69. The highest BCUT2D eigenvalue weighted by Gasteiger charge is 2.51. The molecular weight excluding hydrogens is 260 g/mol. The van der Waals surface area contributed by atoms with Crippen molar-refractivity contribution in [3.05, 3.63) is 0 Å². The summed E-state index contributed by atoms with van der Waals surface area (Å²) >= 11 is 2.06. The largest absolute Gasteiger partial charge is 0.367 e. The zero-order valence-corrected chi connectivity index (χ0v) is 12.7. The lowest BCUT2D eigenvalue weighted by Gasteiger charge is -2.53. The normalized spacial score (nSPS) is 30.1. The highest BCUT2D eigenvalue weighted by molar-refractivity contribution is 8.01. The van der Waals surface area contributed by atoms with Crippen LogP contribution in [0.1, 0.15) is 25.7 Å². The van der Waals surface area contributed by atoms with E-state index in [9.17, 15) is 4.79 Å². The van der Waals surface area contributed by atoms with Gasteiger partial charge in [0.2, 0.25) is 5.91 Å². The van der Waals surface area contributed by atoms with Crippen molar-refractivity contribution in [3.8, 4) is 0 Å². The Morgan fingerprint density at radius 1 is 1.42 bits per heavy atom. The van der Waals surface area contributed by atoms with E-state index in [2.05, 4.69) is 16.7 Å². The first kappa shape index (κ1) is 13.7. The molecule has 1 amide bonds. The second kappa shape index (κ2) is 5.26. The highest BCUT2D eigenvalue weighted by atomic mass is 32.2. The van der Waals surface area contributed by atoms with Gasteiger partial charge < -0.3 is 9.64 Å². The summed E-state index contributed by atoms with van der Waals surface area (Å²) in [4.78, 5) is 15.8. The van der Waals surface area contributed by atoms with Crippen LogP contribution in [0.25, 0.3) is 0 Å². The van der Waals surface area contributed by atoms with Gasteiger partial charge in [0.1, 0.15) is 6.61 Å². The van der Waals surface area contributed by atoms with Crippen molar-refractivity contribution in [2.24, 2.45) is 0 Å². The Kier molecular flexibility index (Phi) is 3.80. The molecule has 0 aromatic carbocycles. The van der Waals surface area contributed by atoms with Gasteiger partial charge in [0, 0.05) is 43.7 Å². The standard InChI is InChI=1S/C14H24N2O2S/c1-15(2)13(17)7-18-12-6-14(19-8-12)9-16(10-14)11-4-3-5-11/h11-12H,3-10H2,1-2H3/t12-/m0/s1. The number of nitrogens with zero attached hydrogens (tertiary/aromatic N) is 2. The van der Waals surface area contributed by atoms with E-state index in [0.29, 0.717) is 4.75 Å². The van der Waals surface area contributed by atoms with E-state index in [0.717, 1.165) is 18.2 Å². The third kappa shape index (κ3) is 2.78. The summed E-state index contributed by atoms with van der Waals surface area (Å²) in [6.45, 7) is 2.72. The summed E-state index contributed by atoms with van der Waals surface area (Å²) in [7, 11) is 3.55. The lowest BCUT2D eigenvalue weighted by atomic mass is 9.84. The van der Waals surface area contributed by atoms with Crippen molar-refractivity contribution in [3.63, 3.8) is 0 Å². The van der Waals surface area contributed by atoms with Crippen LogP contribution >= 0.6 is 11.8 Å². The Labute approximate surface area is 119 Å². The van der Waals surface area contributed by atoms with E-state index in [-0.39, 0.29) is 18.6 Å². The summed E-state index contributed by atoms with van der Waals surface area (Å²) in [5.74, 6) is 1.12. The first-order valence-corrected chi connectivity index (χ1v) is 8.26. The number of carbonyl (C=O) groups is 1. The topological polar surface area (TPSA) is 32.8 Å². The molecule has 2 saturated heterocycles. The van der Waals surface area contributed by atoms with Crippen LogP contribution in [0, 0.1) is 0 Å². The Balaban J connectivity index is 1.40. The molecule has 108 valence electrons. The Morgan fingerprint density at radius 2 is 2.16 bits per heavy atom. The minimum absolute atomic E-state index is 0.0654. The second-order valence-corrected chi connectivity index (χ2v) is 7.90. The summed E-state index contributed by atoms with van der Waals surface area (Å²) in [5, 5.41) is 0. The van der Waals surface area contributed by atoms with Crippen molar-refractivity contribution in [1.29, 1.82) is 0 Å². The number of likely N-dealkylation sites (tertiary alicyclic amines) is 1. The molecule has 0 N–H and O–H groups in total. The SMILES string of the molecule is CN(C)C(=O)CO[C@@H]1CSC2(C1)CN(C1CCC1)C2. The van der Waals surface area contributed by atoms with E-state index >= 15 is 0 Å². The number of likely N-dealkylation sites (N-methyl/N-ethyl adjacent to an activating group) is 1. The van der Waals surface area contributed by atoms with Gasteiger partial charge in [0.25, 0.3) is 0 Å². The van der Waals surface area contributed by atoms with Gasteiger partial charge in [0.15, 0.2) is 0 Å². The second-order valence-electron chi connectivity index (χ2n) is 6.41. The van der Waals surface area contributed by atoms with E-state index in [1.165, 1.54) is 32.4 Å². The monoisotopic (exact) mass is 284 g/mol. The van der Waals surface area contributed by atoms with Crippen LogP contribution in [-0.4, -0.2) is 72.1 Å². The summed E-state index contributed by atoms with van der Waals surface area (Å²) in [5.41, 5.74) is 0. The average molecular weight is 284 g/mol. The van der Waals surface area contributed by atoms with Gasteiger partial charge in [-0.2, -0.15) is 0 Å². The zero-order chi connectivity index (χ0) is 13.5. The summed E-state index contributed by atoms with van der Waals surface area (Å²) in [6.07, 6.45) is 5.62. The van der Waals surface area contributed by atoms with Gasteiger partial charge in [-0.25, -0.2) is 0 Å². The predicted molar refractivity (Wildman–Crippen MR) is 77.5 cm³/mol. The van der Waals surface area contributed by atoms with Gasteiger partial charge in [-0.3, -0.25) is 9.69 Å². The number of carbonyl (C=O) groups excluding carboxylic acids is 1. The van der Waals surface area contributed by atoms with E-state index in [1.807, 2.05) is 0 Å². The Bertz CT molecular complexity index is 351. The van der Waals surface area contributed by atoms with E-state index in [1.54, 1.807) is 19.0 Å². The molecule has 4 nitrogen and oxygen atoms in total. The average Bonchev–Trinajstić information content (AvgIpc) is 2.67. The fourth-order valence-corrected chi connectivity index (χ4v) is 4.72. The molecular formula is C14H24N2O2S. The summed E-state index contributed by atoms with van der Waals surface area (Å²) < 4.78 is 6.21. The van der Waals surface area contributed by atoms with Gasteiger partial charge in [-0.05, 0) is 19.3 Å². The highest BCUT2D eigenvalue weighted by Crippen LogP contribution is 2.48. The molecule has 2 heterocycles. The van der Waals surface area contributed by atoms with Crippen LogP contribution in [0.3, 0.4) is 0 Å². The molecule has 0 aromatic rings. The van der Waals surface area contributed by atoms with Crippen molar-refractivity contribution < 1.29 is 9.53 Å². The van der Waals surface area contributed by atoms with Crippen molar-refractivity contribution in [1.82, 2.24) is 9.80 Å². The number of thioether (sulfide) groups is 1. The fourth-order valence-electron chi connectivity index (χ4n) is 3.15. The van der Waals surface area contributed by atoms with Crippen LogP contribution in [0.2, 0.25) is 0 Å². The number of rotatable bonds is 4. The minimum Gasteiger partial charge on any atom is -0.367 e. The molecule has 1 saturated carbocycles. The quantitative estimate of drug-likeness (QED) is 0.777. The molecule has 1 aliphatic carbocycles. The maximum absolute atomic E-state index is 11.5. The first-order valence-electron chi connectivity index (χ1n) is 7.28. The molecule has 3 rings (SSSR count). The Hall–Kier alpha value is -0.260. The molecule has 2 aliphatic heterocycles. The molecule has 1 spiro atoms. The fraction of sp³-hybridized carbons (Fsp3) is 0.929. The van der Waals surface area contributed by atoms with Crippen LogP contribution in [0.4, 0.5) is 0 Å². The van der Waals surface area contributed by atoms with Crippen molar-refractivity contribution in [2.45, 2.75) is 42.6 Å². The maximum Gasteiger partial charge on any atom is 0.248 e. The molecule has 0 unspecified atom stereocenters. The number of amides is 1. The maximum atomic E-state index is 11.5. The molecule has 3 aliphatic rings. The van der Waals surface area contributed by atoms with Gasteiger partial charge in [0.05, 0.1) is 6.10 Å².